The van der Waals surface area contributed by atoms with Crippen LogP contribution in [-0.4, -0.2) is 12.4 Å². The number of nitrogens with zero attached hydrogens (tertiary/aromatic N) is 3. The van der Waals surface area contributed by atoms with E-state index in [4.69, 9.17) is 23.0 Å². The minimum atomic E-state index is 0.0428. The summed E-state index contributed by atoms with van der Waals surface area (Å²) in [4.78, 5) is 2.26. The summed E-state index contributed by atoms with van der Waals surface area (Å²) in [5.41, 5.74) is 10.7. The number of fused-ring (bicyclic) bond motifs is 1. The first-order valence-corrected chi connectivity index (χ1v) is 10.4. The maximum Gasteiger partial charge on any atom is 0.169 e. The average molecular weight is 422 g/mol. The SMILES string of the molecule is CC(C)(C)c1ccc(N(CCCC(N=N)=NN)c2cccc(Cl)c2)c2ccccc12. The summed E-state index contributed by atoms with van der Waals surface area (Å²) < 4.78 is 0. The molecule has 3 aromatic rings. The molecular weight excluding hydrogens is 394 g/mol. The Balaban J connectivity index is 2.09. The summed E-state index contributed by atoms with van der Waals surface area (Å²) >= 11 is 6.31. The van der Waals surface area contributed by atoms with Crippen molar-refractivity contribution in [1.29, 1.82) is 5.53 Å². The highest BCUT2D eigenvalue weighted by Crippen LogP contribution is 2.38. The summed E-state index contributed by atoms with van der Waals surface area (Å²) in [6, 6.07) is 20.8. The summed E-state index contributed by atoms with van der Waals surface area (Å²) in [5, 5.41) is 10.1. The van der Waals surface area contributed by atoms with Gasteiger partial charge in [-0.1, -0.05) is 68.8 Å². The Morgan fingerprint density at radius 1 is 1.03 bits per heavy atom. The van der Waals surface area contributed by atoms with Crippen LogP contribution in [0.1, 0.15) is 39.2 Å². The lowest BCUT2D eigenvalue weighted by Crippen LogP contribution is -2.20. The van der Waals surface area contributed by atoms with E-state index in [0.717, 1.165) is 17.8 Å². The summed E-state index contributed by atoms with van der Waals surface area (Å²) in [6.07, 6.45) is 1.29. The maximum atomic E-state index is 7.18. The molecule has 30 heavy (non-hydrogen) atoms. The van der Waals surface area contributed by atoms with Crippen molar-refractivity contribution in [3.05, 3.63) is 71.2 Å². The molecule has 0 aliphatic rings. The van der Waals surface area contributed by atoms with E-state index < -0.39 is 0 Å². The highest BCUT2D eigenvalue weighted by Gasteiger charge is 2.20. The van der Waals surface area contributed by atoms with Crippen molar-refractivity contribution in [2.24, 2.45) is 16.1 Å². The van der Waals surface area contributed by atoms with E-state index >= 15 is 0 Å². The van der Waals surface area contributed by atoms with Crippen molar-refractivity contribution in [3.8, 4) is 0 Å². The number of rotatable bonds is 6. The summed E-state index contributed by atoms with van der Waals surface area (Å²) in [7, 11) is 0. The van der Waals surface area contributed by atoms with Gasteiger partial charge >= 0.3 is 0 Å². The van der Waals surface area contributed by atoms with Gasteiger partial charge in [-0.2, -0.15) is 5.10 Å². The molecular formula is C24H28ClN5. The Labute approximate surface area is 183 Å². The number of halogens is 1. The molecule has 0 radical (unpaired) electrons. The Hall–Kier alpha value is -2.92. The van der Waals surface area contributed by atoms with Gasteiger partial charge in [0.2, 0.25) is 0 Å². The van der Waals surface area contributed by atoms with Gasteiger partial charge in [0, 0.05) is 34.7 Å². The lowest BCUT2D eigenvalue weighted by atomic mass is 9.83. The van der Waals surface area contributed by atoms with Gasteiger partial charge < -0.3 is 10.7 Å². The Bertz CT molecular complexity index is 1070. The second-order valence-corrected chi connectivity index (χ2v) is 8.76. The van der Waals surface area contributed by atoms with Crippen LogP contribution in [0.3, 0.4) is 0 Å². The van der Waals surface area contributed by atoms with Crippen LogP contribution in [0.4, 0.5) is 11.4 Å². The second-order valence-electron chi connectivity index (χ2n) is 8.32. The second kappa shape index (κ2) is 9.26. The number of nitrogens with two attached hydrogens (primary N) is 1. The molecule has 3 aromatic carbocycles. The molecule has 0 saturated carbocycles. The molecule has 0 aliphatic carbocycles. The molecule has 156 valence electrons. The first-order chi connectivity index (χ1) is 14.3. The van der Waals surface area contributed by atoms with Crippen molar-refractivity contribution in [2.75, 3.05) is 11.4 Å². The van der Waals surface area contributed by atoms with Crippen LogP contribution < -0.4 is 10.7 Å². The number of benzene rings is 3. The first-order valence-electron chi connectivity index (χ1n) is 10.0. The fraction of sp³-hybridized carbons (Fsp3) is 0.292. The van der Waals surface area contributed by atoms with Crippen LogP contribution in [0, 0.1) is 5.53 Å². The molecule has 0 aliphatic heterocycles. The number of hydrazone groups is 1. The lowest BCUT2D eigenvalue weighted by molar-refractivity contribution is 0.596. The molecule has 0 saturated heterocycles. The zero-order valence-electron chi connectivity index (χ0n) is 17.7. The lowest BCUT2D eigenvalue weighted by Gasteiger charge is -2.29. The van der Waals surface area contributed by atoms with Crippen LogP contribution in [0.5, 0.6) is 0 Å². The number of anilines is 2. The molecule has 0 heterocycles. The monoisotopic (exact) mass is 421 g/mol. The highest BCUT2D eigenvalue weighted by atomic mass is 35.5. The minimum absolute atomic E-state index is 0.0428. The van der Waals surface area contributed by atoms with Gasteiger partial charge in [-0.05, 0) is 47.1 Å². The predicted octanol–water partition coefficient (Wildman–Crippen LogP) is 7.01. The third-order valence-corrected chi connectivity index (χ3v) is 5.42. The standard InChI is InChI=1S/C24H28ClN5/c1-24(2,3)21-13-14-22(20-11-5-4-10-19(20)21)30(15-7-12-23(28-26)29-27)18-9-6-8-17(25)16-18/h4-6,8-11,13-14,16,26H,7,12,15,27H2,1-3H3. The first kappa shape index (κ1) is 21.8. The normalized spacial score (nSPS) is 12.2. The van der Waals surface area contributed by atoms with E-state index in [1.807, 2.05) is 18.2 Å². The van der Waals surface area contributed by atoms with Crippen molar-refractivity contribution in [3.63, 3.8) is 0 Å². The van der Waals surface area contributed by atoms with Gasteiger partial charge in [0.1, 0.15) is 0 Å². The Kier molecular flexibility index (Phi) is 6.73. The topological polar surface area (TPSA) is 77.8 Å². The Morgan fingerprint density at radius 3 is 2.40 bits per heavy atom. The largest absolute Gasteiger partial charge is 0.341 e. The van der Waals surface area contributed by atoms with Gasteiger partial charge in [-0.3, -0.25) is 0 Å². The fourth-order valence-electron chi connectivity index (χ4n) is 3.75. The van der Waals surface area contributed by atoms with Gasteiger partial charge in [-0.25, -0.2) is 5.53 Å². The maximum absolute atomic E-state index is 7.18. The average Bonchev–Trinajstić information content (AvgIpc) is 2.73. The Morgan fingerprint density at radius 2 is 1.77 bits per heavy atom. The molecule has 0 fully saturated rings. The third-order valence-electron chi connectivity index (χ3n) is 5.18. The number of amidine groups is 1. The van der Waals surface area contributed by atoms with Crippen LogP contribution in [0.15, 0.2) is 70.9 Å². The van der Waals surface area contributed by atoms with Crippen molar-refractivity contribution >= 4 is 39.6 Å². The van der Waals surface area contributed by atoms with Crippen LogP contribution in [0.2, 0.25) is 5.02 Å². The van der Waals surface area contributed by atoms with E-state index in [0.29, 0.717) is 23.8 Å². The predicted molar refractivity (Wildman–Crippen MR) is 127 cm³/mol. The summed E-state index contributed by atoms with van der Waals surface area (Å²) in [6.45, 7) is 7.43. The molecule has 0 atom stereocenters. The van der Waals surface area contributed by atoms with Gasteiger partial charge in [0.15, 0.2) is 5.84 Å². The zero-order valence-corrected chi connectivity index (χ0v) is 18.4. The van der Waals surface area contributed by atoms with Gasteiger partial charge in [-0.15, -0.1) is 5.11 Å². The smallest absolute Gasteiger partial charge is 0.169 e. The van der Waals surface area contributed by atoms with Crippen molar-refractivity contribution in [1.82, 2.24) is 0 Å². The summed E-state index contributed by atoms with van der Waals surface area (Å²) in [5.74, 6) is 5.66. The molecule has 0 bridgehead atoms. The van der Waals surface area contributed by atoms with Crippen LogP contribution in [-0.2, 0) is 5.41 Å². The minimum Gasteiger partial charge on any atom is -0.341 e. The molecule has 6 heteroatoms. The van der Waals surface area contributed by atoms with Crippen LogP contribution in [0.25, 0.3) is 10.8 Å². The number of hydrogen-bond acceptors (Lipinski definition) is 4. The quantitative estimate of drug-likeness (QED) is 0.147. The highest BCUT2D eigenvalue weighted by molar-refractivity contribution is 6.30. The van der Waals surface area contributed by atoms with Crippen LogP contribution >= 0.6 is 11.6 Å². The van der Waals surface area contributed by atoms with Gasteiger partial charge in [0.05, 0.1) is 0 Å². The molecule has 5 nitrogen and oxygen atoms in total. The van der Waals surface area contributed by atoms with Crippen molar-refractivity contribution < 1.29 is 0 Å². The fourth-order valence-corrected chi connectivity index (χ4v) is 3.93. The molecule has 3 rings (SSSR count). The molecule has 0 amide bonds. The molecule has 0 spiro atoms. The molecule has 0 unspecified atom stereocenters. The molecule has 0 aromatic heterocycles. The third kappa shape index (κ3) is 4.79. The van der Waals surface area contributed by atoms with E-state index in [1.165, 1.54) is 16.3 Å². The van der Waals surface area contributed by atoms with Gasteiger partial charge in [0.25, 0.3) is 0 Å². The van der Waals surface area contributed by atoms with Crippen molar-refractivity contribution in [2.45, 2.75) is 39.0 Å². The van der Waals surface area contributed by atoms with E-state index in [1.54, 1.807) is 0 Å². The van der Waals surface area contributed by atoms with E-state index in [9.17, 15) is 0 Å². The number of hydrogen-bond donors (Lipinski definition) is 2. The number of nitrogens with one attached hydrogen (secondary N) is 1. The molecule has 3 N–H and O–H groups in total. The van der Waals surface area contributed by atoms with E-state index in [-0.39, 0.29) is 5.41 Å². The zero-order chi connectivity index (χ0) is 21.7. The van der Waals surface area contributed by atoms with E-state index in [2.05, 4.69) is 78.4 Å².